The normalized spacial score (nSPS) is 36.2. The molecular weight excluding hydrogens is 266 g/mol. The quantitative estimate of drug-likeness (QED) is 0.789. The summed E-state index contributed by atoms with van der Waals surface area (Å²) >= 11 is 0. The number of carbonyl (C=O) groups excluding carboxylic acids is 1. The molecule has 0 heterocycles. The first-order chi connectivity index (χ1) is 9.99. The Kier molecular flexibility index (Phi) is 3.69. The van der Waals surface area contributed by atoms with E-state index in [0.29, 0.717) is 6.42 Å². The van der Waals surface area contributed by atoms with Crippen LogP contribution in [0.1, 0.15) is 44.9 Å². The van der Waals surface area contributed by atoms with Crippen LogP contribution in [-0.4, -0.2) is 35.0 Å². The second-order valence-electron chi connectivity index (χ2n) is 7.44. The molecule has 0 atom stereocenters. The fraction of sp³-hybridized carbons (Fsp3) is 0.765. The Bertz CT molecular complexity index is 455. The number of hydrogen-bond donors (Lipinski definition) is 1. The molecule has 4 aliphatic carbocycles. The second-order valence-corrected chi connectivity index (χ2v) is 7.44. The van der Waals surface area contributed by atoms with Gasteiger partial charge in [-0.1, -0.05) is 5.92 Å². The summed E-state index contributed by atoms with van der Waals surface area (Å²) in [7, 11) is 0. The first-order valence-electron chi connectivity index (χ1n) is 7.93. The van der Waals surface area contributed by atoms with Crippen molar-refractivity contribution in [3.8, 4) is 12.3 Å². The average Bonchev–Trinajstić information content (AvgIpc) is 2.35. The molecule has 0 aromatic carbocycles. The summed E-state index contributed by atoms with van der Waals surface area (Å²) in [5, 5.41) is 8.93. The van der Waals surface area contributed by atoms with Crippen LogP contribution >= 0.6 is 0 Å². The number of terminal acetylenes is 1. The molecule has 4 bridgehead atoms. The zero-order chi connectivity index (χ0) is 15.0. The van der Waals surface area contributed by atoms with Crippen LogP contribution in [0.2, 0.25) is 0 Å². The molecule has 0 unspecified atom stereocenters. The maximum atomic E-state index is 12.5. The van der Waals surface area contributed by atoms with E-state index in [1.165, 1.54) is 24.2 Å². The molecule has 4 saturated carbocycles. The van der Waals surface area contributed by atoms with Crippen LogP contribution in [0.3, 0.4) is 0 Å². The highest BCUT2D eigenvalue weighted by Crippen LogP contribution is 2.61. The maximum Gasteiger partial charge on any atom is 0.323 e. The van der Waals surface area contributed by atoms with Crippen LogP contribution in [0, 0.1) is 35.5 Å². The summed E-state index contributed by atoms with van der Waals surface area (Å²) in [6.07, 6.45) is 13.3. The van der Waals surface area contributed by atoms with E-state index < -0.39 is 5.97 Å². The molecule has 4 nitrogen and oxygen atoms in total. The maximum absolute atomic E-state index is 12.5. The number of hydrogen-bond acceptors (Lipinski definition) is 2. The first kappa shape index (κ1) is 14.4. The lowest BCUT2D eigenvalue weighted by Gasteiger charge is -2.56. The molecule has 4 rings (SSSR count). The van der Waals surface area contributed by atoms with Crippen molar-refractivity contribution >= 4 is 11.9 Å². The van der Waals surface area contributed by atoms with Crippen molar-refractivity contribution in [1.29, 1.82) is 0 Å². The Morgan fingerprint density at radius 3 is 2.10 bits per heavy atom. The molecule has 114 valence electrons. The molecule has 0 saturated heterocycles. The summed E-state index contributed by atoms with van der Waals surface area (Å²) in [6.45, 7) is -0.188. The third-order valence-electron chi connectivity index (χ3n) is 5.65. The van der Waals surface area contributed by atoms with E-state index in [0.717, 1.165) is 37.0 Å². The Labute approximate surface area is 125 Å². The Morgan fingerprint density at radius 1 is 1.14 bits per heavy atom. The van der Waals surface area contributed by atoms with E-state index in [4.69, 9.17) is 11.5 Å². The third kappa shape index (κ3) is 2.92. The van der Waals surface area contributed by atoms with Crippen LogP contribution in [0.5, 0.6) is 0 Å². The highest BCUT2D eigenvalue weighted by atomic mass is 16.4. The summed E-state index contributed by atoms with van der Waals surface area (Å²) < 4.78 is 0. The minimum Gasteiger partial charge on any atom is -0.480 e. The Morgan fingerprint density at radius 2 is 1.67 bits per heavy atom. The van der Waals surface area contributed by atoms with E-state index in [2.05, 4.69) is 5.92 Å². The van der Waals surface area contributed by atoms with Gasteiger partial charge in [0.15, 0.2) is 0 Å². The molecule has 1 N–H and O–H groups in total. The van der Waals surface area contributed by atoms with Gasteiger partial charge in [-0.15, -0.1) is 6.42 Å². The number of nitrogens with zero attached hydrogens (tertiary/aromatic N) is 1. The molecule has 21 heavy (non-hydrogen) atoms. The third-order valence-corrected chi connectivity index (χ3v) is 5.65. The standard InChI is InChI=1S/C17H23NO3/c1-2-3-18(11-16(20)21)15(19)10-17-7-12-4-13(8-17)6-14(5-12)9-17/h1,12-14H,3-11H2,(H,20,21). The number of carboxylic acid groups (broad SMARTS) is 1. The molecule has 0 radical (unpaired) electrons. The van der Waals surface area contributed by atoms with Gasteiger partial charge in [-0.05, 0) is 61.7 Å². The van der Waals surface area contributed by atoms with Gasteiger partial charge in [0.2, 0.25) is 5.91 Å². The zero-order valence-electron chi connectivity index (χ0n) is 12.4. The number of carbonyl (C=O) groups is 2. The summed E-state index contributed by atoms with van der Waals surface area (Å²) in [6, 6.07) is 0. The van der Waals surface area contributed by atoms with Gasteiger partial charge in [-0.3, -0.25) is 9.59 Å². The minimum atomic E-state index is -0.996. The van der Waals surface area contributed by atoms with Crippen molar-refractivity contribution in [2.75, 3.05) is 13.1 Å². The fourth-order valence-corrected chi connectivity index (χ4v) is 5.44. The van der Waals surface area contributed by atoms with Crippen molar-refractivity contribution in [1.82, 2.24) is 4.90 Å². The van der Waals surface area contributed by atoms with E-state index in [1.54, 1.807) is 0 Å². The van der Waals surface area contributed by atoms with Gasteiger partial charge in [0.25, 0.3) is 0 Å². The van der Waals surface area contributed by atoms with E-state index >= 15 is 0 Å². The highest BCUT2D eigenvalue weighted by Gasteiger charge is 2.51. The lowest BCUT2D eigenvalue weighted by atomic mass is 9.49. The fourth-order valence-electron chi connectivity index (χ4n) is 5.44. The highest BCUT2D eigenvalue weighted by molar-refractivity contribution is 5.82. The van der Waals surface area contributed by atoms with Crippen molar-refractivity contribution < 1.29 is 14.7 Å². The molecular formula is C17H23NO3. The molecule has 4 heteroatoms. The lowest BCUT2D eigenvalue weighted by Crippen LogP contribution is -2.49. The molecule has 1 amide bonds. The van der Waals surface area contributed by atoms with Gasteiger partial charge in [0, 0.05) is 6.42 Å². The molecule has 4 aliphatic rings. The SMILES string of the molecule is C#CCN(CC(=O)O)C(=O)CC12CC3CC(CC(C3)C1)C2. The van der Waals surface area contributed by atoms with Crippen LogP contribution in [0.25, 0.3) is 0 Å². The Balaban J connectivity index is 1.68. The monoisotopic (exact) mass is 289 g/mol. The van der Waals surface area contributed by atoms with E-state index in [9.17, 15) is 9.59 Å². The topological polar surface area (TPSA) is 57.6 Å². The minimum absolute atomic E-state index is 0.0719. The molecule has 0 aromatic rings. The first-order valence-corrected chi connectivity index (χ1v) is 7.93. The van der Waals surface area contributed by atoms with Crippen molar-refractivity contribution in [3.05, 3.63) is 0 Å². The number of carboxylic acids is 1. The Hall–Kier alpha value is -1.50. The van der Waals surface area contributed by atoms with Crippen molar-refractivity contribution in [2.45, 2.75) is 44.9 Å². The smallest absolute Gasteiger partial charge is 0.323 e. The van der Waals surface area contributed by atoms with Crippen LogP contribution in [-0.2, 0) is 9.59 Å². The second kappa shape index (κ2) is 5.36. The average molecular weight is 289 g/mol. The van der Waals surface area contributed by atoms with Gasteiger partial charge in [0.1, 0.15) is 6.54 Å². The van der Waals surface area contributed by atoms with Crippen LogP contribution in [0.4, 0.5) is 0 Å². The van der Waals surface area contributed by atoms with Crippen LogP contribution < -0.4 is 0 Å². The molecule has 0 spiro atoms. The van der Waals surface area contributed by atoms with Gasteiger partial charge >= 0.3 is 5.97 Å². The van der Waals surface area contributed by atoms with Crippen molar-refractivity contribution in [2.24, 2.45) is 23.2 Å². The van der Waals surface area contributed by atoms with E-state index in [-0.39, 0.29) is 24.4 Å². The van der Waals surface area contributed by atoms with E-state index in [1.807, 2.05) is 0 Å². The molecule has 0 aliphatic heterocycles. The predicted molar refractivity (Wildman–Crippen MR) is 78.3 cm³/mol. The number of rotatable bonds is 5. The zero-order valence-corrected chi connectivity index (χ0v) is 12.4. The predicted octanol–water partition coefficient (Wildman–Crippen LogP) is 2.14. The molecule has 0 aromatic heterocycles. The lowest BCUT2D eigenvalue weighted by molar-refractivity contribution is -0.147. The van der Waals surface area contributed by atoms with Gasteiger partial charge in [0.05, 0.1) is 6.54 Å². The van der Waals surface area contributed by atoms with Gasteiger partial charge < -0.3 is 10.0 Å². The largest absolute Gasteiger partial charge is 0.480 e. The van der Waals surface area contributed by atoms with Gasteiger partial charge in [-0.25, -0.2) is 0 Å². The summed E-state index contributed by atoms with van der Waals surface area (Å²) in [5.74, 6) is 3.72. The number of amides is 1. The molecule has 4 fully saturated rings. The number of aliphatic carboxylic acids is 1. The van der Waals surface area contributed by atoms with Gasteiger partial charge in [-0.2, -0.15) is 0 Å². The van der Waals surface area contributed by atoms with Crippen LogP contribution in [0.15, 0.2) is 0 Å². The summed E-state index contributed by atoms with van der Waals surface area (Å²) in [5.41, 5.74) is 0.136. The van der Waals surface area contributed by atoms with Crippen molar-refractivity contribution in [3.63, 3.8) is 0 Å². The summed E-state index contributed by atoms with van der Waals surface area (Å²) in [4.78, 5) is 24.7.